The van der Waals surface area contributed by atoms with Gasteiger partial charge in [0.05, 0.1) is 0 Å². The van der Waals surface area contributed by atoms with Crippen molar-refractivity contribution in [2.24, 2.45) is 23.2 Å². The van der Waals surface area contributed by atoms with Crippen molar-refractivity contribution in [1.29, 1.82) is 0 Å². The molecule has 0 N–H and O–H groups in total. The minimum Gasteiger partial charge on any atom is -0.0845 e. The molecule has 0 aromatic rings. The van der Waals surface area contributed by atoms with Crippen LogP contribution in [-0.4, -0.2) is 0 Å². The zero-order chi connectivity index (χ0) is 8.06. The zero-order valence-electron chi connectivity index (χ0n) is 7.80. The summed E-state index contributed by atoms with van der Waals surface area (Å²) >= 11 is 0. The Bertz CT molecular complexity index is 190. The van der Waals surface area contributed by atoms with Crippen molar-refractivity contribution in [2.75, 3.05) is 0 Å². The molecule has 2 bridgehead atoms. The normalized spacial score (nSPS) is 47.6. The van der Waals surface area contributed by atoms with Gasteiger partial charge >= 0.3 is 0 Å². The fourth-order valence-electron chi connectivity index (χ4n) is 3.32. The smallest absolute Gasteiger partial charge is 0.0110 e. The van der Waals surface area contributed by atoms with Crippen LogP contribution in [0.4, 0.5) is 0 Å². The third-order valence-electron chi connectivity index (χ3n) is 3.68. The van der Waals surface area contributed by atoms with Crippen LogP contribution in [0.1, 0.15) is 33.6 Å². The highest BCUT2D eigenvalue weighted by Gasteiger charge is 2.47. The predicted octanol–water partition coefficient (Wildman–Crippen LogP) is 3.24. The van der Waals surface area contributed by atoms with Crippen molar-refractivity contribution in [2.45, 2.75) is 33.6 Å². The number of hydrogen-bond donors (Lipinski definition) is 0. The fraction of sp³-hybridized carbons (Fsp3) is 0.818. The Morgan fingerprint density at radius 2 is 2.18 bits per heavy atom. The van der Waals surface area contributed by atoms with Gasteiger partial charge in [-0.1, -0.05) is 32.9 Å². The van der Waals surface area contributed by atoms with Gasteiger partial charge < -0.3 is 0 Å². The molecule has 0 saturated heterocycles. The molecule has 0 nitrogen and oxygen atoms in total. The molecule has 0 heteroatoms. The van der Waals surface area contributed by atoms with E-state index in [0.717, 1.165) is 17.8 Å². The van der Waals surface area contributed by atoms with Crippen LogP contribution in [0.25, 0.3) is 0 Å². The van der Waals surface area contributed by atoms with Gasteiger partial charge in [-0.2, -0.15) is 0 Å². The molecule has 0 amide bonds. The van der Waals surface area contributed by atoms with Crippen LogP contribution >= 0.6 is 0 Å². The average Bonchev–Trinajstić information content (AvgIpc) is 2.39. The van der Waals surface area contributed by atoms with E-state index in [1.165, 1.54) is 12.8 Å². The summed E-state index contributed by atoms with van der Waals surface area (Å²) in [5.74, 6) is 2.73. The summed E-state index contributed by atoms with van der Waals surface area (Å²) < 4.78 is 0. The zero-order valence-corrected chi connectivity index (χ0v) is 7.80. The van der Waals surface area contributed by atoms with Gasteiger partial charge in [-0.3, -0.25) is 0 Å². The van der Waals surface area contributed by atoms with Crippen LogP contribution in [0.2, 0.25) is 0 Å². The van der Waals surface area contributed by atoms with Gasteiger partial charge in [-0.15, -0.1) is 0 Å². The molecule has 11 heavy (non-hydrogen) atoms. The Morgan fingerprint density at radius 3 is 2.36 bits per heavy atom. The van der Waals surface area contributed by atoms with E-state index in [1.807, 2.05) is 0 Å². The topological polar surface area (TPSA) is 0 Å². The number of allylic oxidation sites excluding steroid dienone is 2. The van der Waals surface area contributed by atoms with Crippen molar-refractivity contribution in [1.82, 2.24) is 0 Å². The van der Waals surface area contributed by atoms with Crippen molar-refractivity contribution < 1.29 is 0 Å². The maximum Gasteiger partial charge on any atom is -0.0110 e. The summed E-state index contributed by atoms with van der Waals surface area (Å²) in [6.45, 7) is 7.17. The fourth-order valence-corrected chi connectivity index (χ4v) is 3.32. The Hall–Kier alpha value is -0.260. The van der Waals surface area contributed by atoms with E-state index >= 15 is 0 Å². The van der Waals surface area contributed by atoms with Crippen molar-refractivity contribution >= 4 is 0 Å². The molecule has 0 aromatic heterocycles. The van der Waals surface area contributed by atoms with Crippen LogP contribution in [0, 0.1) is 23.2 Å². The van der Waals surface area contributed by atoms with Crippen molar-refractivity contribution in [3.05, 3.63) is 12.2 Å². The molecular weight excluding hydrogens is 132 g/mol. The first-order chi connectivity index (χ1) is 5.13. The van der Waals surface area contributed by atoms with Crippen molar-refractivity contribution in [3.8, 4) is 0 Å². The first kappa shape index (κ1) is 7.39. The lowest BCUT2D eigenvalue weighted by atomic mass is 9.76. The molecule has 1 fully saturated rings. The summed E-state index contributed by atoms with van der Waals surface area (Å²) in [4.78, 5) is 0. The van der Waals surface area contributed by atoms with Crippen LogP contribution < -0.4 is 0 Å². The second-order valence-electron chi connectivity index (χ2n) is 4.84. The minimum atomic E-state index is 0.568. The second-order valence-corrected chi connectivity index (χ2v) is 4.84. The van der Waals surface area contributed by atoms with E-state index in [9.17, 15) is 0 Å². The predicted molar refractivity (Wildman–Crippen MR) is 48.3 cm³/mol. The lowest BCUT2D eigenvalue weighted by Crippen LogP contribution is -2.23. The quantitative estimate of drug-likeness (QED) is 0.503. The Labute approximate surface area is 69.7 Å². The molecule has 2 rings (SSSR count). The number of hydrogen-bond acceptors (Lipinski definition) is 0. The van der Waals surface area contributed by atoms with E-state index in [2.05, 4.69) is 32.9 Å². The van der Waals surface area contributed by atoms with E-state index in [0.29, 0.717) is 5.41 Å². The highest BCUT2D eigenvalue weighted by Crippen LogP contribution is 2.56. The number of rotatable bonds is 1. The molecule has 3 unspecified atom stereocenters. The lowest BCUT2D eigenvalue weighted by molar-refractivity contribution is 0.227. The summed E-state index contributed by atoms with van der Waals surface area (Å²) in [6.07, 6.45) is 7.78. The van der Waals surface area contributed by atoms with Crippen LogP contribution in [0.5, 0.6) is 0 Å². The third-order valence-corrected chi connectivity index (χ3v) is 3.68. The van der Waals surface area contributed by atoms with E-state index < -0.39 is 0 Å². The van der Waals surface area contributed by atoms with Gasteiger partial charge in [0.1, 0.15) is 0 Å². The molecule has 2 aliphatic carbocycles. The Balaban J connectivity index is 2.26. The largest absolute Gasteiger partial charge is 0.0845 e. The molecule has 0 spiro atoms. The molecule has 62 valence electrons. The third kappa shape index (κ3) is 0.881. The molecular formula is C11H18. The number of fused-ring (bicyclic) bond motifs is 2. The molecule has 0 heterocycles. The van der Waals surface area contributed by atoms with Crippen LogP contribution in [0.3, 0.4) is 0 Å². The van der Waals surface area contributed by atoms with E-state index in [1.54, 1.807) is 0 Å². The maximum absolute atomic E-state index is 2.46. The summed E-state index contributed by atoms with van der Waals surface area (Å²) in [7, 11) is 0. The highest BCUT2D eigenvalue weighted by atomic mass is 14.5. The van der Waals surface area contributed by atoms with Gasteiger partial charge in [0.15, 0.2) is 0 Å². The van der Waals surface area contributed by atoms with Crippen molar-refractivity contribution in [3.63, 3.8) is 0 Å². The highest BCUT2D eigenvalue weighted by molar-refractivity contribution is 5.18. The summed E-state index contributed by atoms with van der Waals surface area (Å²) in [5.41, 5.74) is 0.568. The van der Waals surface area contributed by atoms with Gasteiger partial charge in [0.25, 0.3) is 0 Å². The first-order valence-electron chi connectivity index (χ1n) is 4.83. The monoisotopic (exact) mass is 150 g/mol. The molecule has 0 aliphatic heterocycles. The maximum atomic E-state index is 2.46. The first-order valence-corrected chi connectivity index (χ1v) is 4.83. The van der Waals surface area contributed by atoms with Crippen LogP contribution in [-0.2, 0) is 0 Å². The van der Waals surface area contributed by atoms with Gasteiger partial charge in [-0.25, -0.2) is 0 Å². The van der Waals surface area contributed by atoms with Gasteiger partial charge in [0, 0.05) is 0 Å². The average molecular weight is 150 g/mol. The SMILES string of the molecule is CC(C)C1C2C=CC1(C)CC2. The minimum absolute atomic E-state index is 0.568. The molecule has 0 aromatic carbocycles. The molecule has 3 atom stereocenters. The second kappa shape index (κ2) is 2.12. The van der Waals surface area contributed by atoms with Gasteiger partial charge in [0.2, 0.25) is 0 Å². The van der Waals surface area contributed by atoms with Crippen LogP contribution in [0.15, 0.2) is 12.2 Å². The molecule has 2 aliphatic rings. The van der Waals surface area contributed by atoms with E-state index in [4.69, 9.17) is 0 Å². The standard InChI is InChI=1S/C11H18/c1-8(2)10-9-4-6-11(10,3)7-5-9/h4,6,8-10H,5,7H2,1-3H3. The molecule has 1 saturated carbocycles. The molecule has 0 radical (unpaired) electrons. The Kier molecular flexibility index (Phi) is 1.42. The van der Waals surface area contributed by atoms with E-state index in [-0.39, 0.29) is 0 Å². The summed E-state index contributed by atoms with van der Waals surface area (Å²) in [5, 5.41) is 0. The Morgan fingerprint density at radius 1 is 1.45 bits per heavy atom. The van der Waals surface area contributed by atoms with Gasteiger partial charge in [-0.05, 0) is 36.0 Å². The lowest BCUT2D eigenvalue weighted by Gasteiger charge is -2.29. The summed E-state index contributed by atoms with van der Waals surface area (Å²) in [6, 6.07) is 0.